The number of unbranched alkanes of at least 4 members (excludes halogenated alkanes) is 18. The van der Waals surface area contributed by atoms with E-state index in [-0.39, 0.29) is 31.0 Å². The van der Waals surface area contributed by atoms with Gasteiger partial charge >= 0.3 is 17.9 Å². The van der Waals surface area contributed by atoms with Crippen LogP contribution in [0.4, 0.5) is 0 Å². The van der Waals surface area contributed by atoms with Gasteiger partial charge in [-0.1, -0.05) is 148 Å². The van der Waals surface area contributed by atoms with Crippen LogP contribution in [-0.4, -0.2) is 79.3 Å². The number of esters is 2. The zero-order valence-electron chi connectivity index (χ0n) is 39.8. The number of likely N-dealkylation sites (tertiary alicyclic amines) is 1. The fourth-order valence-electron chi connectivity index (χ4n) is 8.56. The van der Waals surface area contributed by atoms with Gasteiger partial charge in [0.25, 0.3) is 0 Å². The van der Waals surface area contributed by atoms with E-state index in [9.17, 15) is 19.5 Å². The van der Waals surface area contributed by atoms with Gasteiger partial charge in [-0.2, -0.15) is 0 Å². The molecule has 4 unspecified atom stereocenters. The lowest BCUT2D eigenvalue weighted by molar-refractivity contribution is -0.179. The maximum Gasteiger partial charge on any atom is 0.310 e. The third-order valence-electron chi connectivity index (χ3n) is 12.6. The number of carboxylic acid groups (broad SMARTS) is 1. The fourth-order valence-corrected chi connectivity index (χ4v) is 8.56. The van der Waals surface area contributed by atoms with Crippen LogP contribution in [0, 0.1) is 17.8 Å². The summed E-state index contributed by atoms with van der Waals surface area (Å²) in [6.45, 7) is 11.6. The third kappa shape index (κ3) is 27.5. The third-order valence-corrected chi connectivity index (χ3v) is 12.6. The molecule has 0 spiro atoms. The van der Waals surface area contributed by atoms with Crippen LogP contribution in [0.1, 0.15) is 220 Å². The summed E-state index contributed by atoms with van der Waals surface area (Å²) in [5, 5.41) is 10.4. The number of hydrogen-bond acceptors (Lipinski definition) is 8. The number of ether oxygens (including phenoxy) is 4. The number of carboxylic acids is 1. The van der Waals surface area contributed by atoms with E-state index in [0.717, 1.165) is 83.6 Å². The van der Waals surface area contributed by atoms with Crippen molar-refractivity contribution in [2.24, 2.45) is 17.8 Å². The minimum absolute atomic E-state index is 0.0924. The second-order valence-corrected chi connectivity index (χ2v) is 18.2. The summed E-state index contributed by atoms with van der Waals surface area (Å²) in [6, 6.07) is -0.336. The summed E-state index contributed by atoms with van der Waals surface area (Å²) >= 11 is 0. The van der Waals surface area contributed by atoms with Crippen molar-refractivity contribution in [3.8, 4) is 0 Å². The quantitative estimate of drug-likeness (QED) is 0.0278. The molecule has 2 rings (SSSR count). The van der Waals surface area contributed by atoms with E-state index in [1.54, 1.807) is 0 Å². The predicted molar refractivity (Wildman–Crippen MR) is 249 cm³/mol. The predicted octanol–water partition coefficient (Wildman–Crippen LogP) is 13.3. The summed E-state index contributed by atoms with van der Waals surface area (Å²) in [4.78, 5) is 41.7. The Kier molecular flexibility index (Phi) is 33.5. The summed E-state index contributed by atoms with van der Waals surface area (Å²) in [5.41, 5.74) is 0. The van der Waals surface area contributed by atoms with Gasteiger partial charge in [-0.25, -0.2) is 0 Å². The van der Waals surface area contributed by atoms with Crippen molar-refractivity contribution in [2.45, 2.75) is 239 Å². The fraction of sp³-hybridized carbons (Fsp3) is 0.865. The SMILES string of the molecule is CCCCC/C=C\C/C=C\CCCCCCCC(=O)OCC(CC)C1C(OC(=O)CCC(OCCCCCCCC)OCCCCCCCC)C(C(=O)O)CCN1CC1CC1. The monoisotopic (exact) mass is 860 g/mol. The van der Waals surface area contributed by atoms with Crippen molar-refractivity contribution >= 4 is 17.9 Å². The second kappa shape index (κ2) is 37.2. The van der Waals surface area contributed by atoms with E-state index in [0.29, 0.717) is 51.4 Å². The van der Waals surface area contributed by atoms with Crippen LogP contribution in [0.25, 0.3) is 0 Å². The number of allylic oxidation sites excluding steroid dienone is 4. The van der Waals surface area contributed by atoms with Crippen LogP contribution in [0.2, 0.25) is 0 Å². The first kappa shape index (κ1) is 54.9. The Morgan fingerprint density at radius 3 is 1.75 bits per heavy atom. The molecule has 0 aromatic carbocycles. The van der Waals surface area contributed by atoms with Crippen molar-refractivity contribution < 1.29 is 38.4 Å². The number of piperidine rings is 1. The van der Waals surface area contributed by atoms with Gasteiger partial charge in [-0.3, -0.25) is 19.3 Å². The van der Waals surface area contributed by atoms with Gasteiger partial charge < -0.3 is 24.1 Å². The summed E-state index contributed by atoms with van der Waals surface area (Å²) in [6.07, 6.45) is 38.5. The number of carbonyl (C=O) groups is 3. The number of nitrogens with zero attached hydrogens (tertiary/aromatic N) is 1. The van der Waals surface area contributed by atoms with Crippen molar-refractivity contribution in [3.05, 3.63) is 24.3 Å². The smallest absolute Gasteiger partial charge is 0.310 e. The maximum absolute atomic E-state index is 13.7. The number of aliphatic carboxylic acids is 1. The highest BCUT2D eigenvalue weighted by Gasteiger charge is 2.48. The first-order valence-electron chi connectivity index (χ1n) is 25.7. The molecule has 9 nitrogen and oxygen atoms in total. The van der Waals surface area contributed by atoms with Gasteiger partial charge in [-0.05, 0) is 89.5 Å². The first-order valence-corrected chi connectivity index (χ1v) is 25.7. The molecule has 0 aromatic heterocycles. The maximum atomic E-state index is 13.7. The van der Waals surface area contributed by atoms with E-state index in [2.05, 4.69) is 56.9 Å². The average Bonchev–Trinajstić information content (AvgIpc) is 4.08. The van der Waals surface area contributed by atoms with E-state index in [1.807, 2.05) is 0 Å². The summed E-state index contributed by atoms with van der Waals surface area (Å²) in [5.74, 6) is -1.95. The zero-order valence-corrected chi connectivity index (χ0v) is 39.8. The molecule has 0 bridgehead atoms. The van der Waals surface area contributed by atoms with Crippen LogP contribution in [-0.2, 0) is 33.3 Å². The average molecular weight is 860 g/mol. The minimum atomic E-state index is -0.940. The molecule has 1 heterocycles. The number of hydrogen-bond donors (Lipinski definition) is 1. The number of carbonyl (C=O) groups excluding carboxylic acids is 2. The molecule has 1 N–H and O–H groups in total. The van der Waals surface area contributed by atoms with Gasteiger partial charge in [0.05, 0.1) is 25.0 Å². The van der Waals surface area contributed by atoms with Crippen LogP contribution in [0.15, 0.2) is 24.3 Å². The van der Waals surface area contributed by atoms with Gasteiger partial charge in [-0.15, -0.1) is 0 Å². The Labute approximate surface area is 373 Å². The molecule has 0 amide bonds. The van der Waals surface area contributed by atoms with Crippen LogP contribution < -0.4 is 0 Å². The van der Waals surface area contributed by atoms with E-state index < -0.39 is 30.3 Å². The highest BCUT2D eigenvalue weighted by Crippen LogP contribution is 2.37. The molecule has 354 valence electrons. The molecule has 9 heteroatoms. The van der Waals surface area contributed by atoms with Gasteiger partial charge in [0.1, 0.15) is 6.10 Å². The zero-order chi connectivity index (χ0) is 44.2. The van der Waals surface area contributed by atoms with E-state index >= 15 is 0 Å². The summed E-state index contributed by atoms with van der Waals surface area (Å²) < 4.78 is 24.5. The Hall–Kier alpha value is -2.23. The van der Waals surface area contributed by atoms with E-state index in [1.165, 1.54) is 83.5 Å². The molecule has 1 saturated heterocycles. The molecule has 1 aliphatic carbocycles. The molecule has 1 saturated carbocycles. The molecule has 1 aliphatic heterocycles. The highest BCUT2D eigenvalue weighted by atomic mass is 16.7. The topological polar surface area (TPSA) is 112 Å². The lowest BCUT2D eigenvalue weighted by atomic mass is 9.80. The second-order valence-electron chi connectivity index (χ2n) is 18.2. The highest BCUT2D eigenvalue weighted by molar-refractivity contribution is 5.73. The van der Waals surface area contributed by atoms with Crippen LogP contribution in [0.5, 0.6) is 0 Å². The Bertz CT molecular complexity index is 1140. The normalized spacial score (nSPS) is 19.0. The Morgan fingerprint density at radius 1 is 0.639 bits per heavy atom. The molecule has 0 aromatic rings. The van der Waals surface area contributed by atoms with Crippen molar-refractivity contribution in [2.75, 3.05) is 32.9 Å². The Balaban J connectivity index is 1.91. The minimum Gasteiger partial charge on any atom is -0.481 e. The summed E-state index contributed by atoms with van der Waals surface area (Å²) in [7, 11) is 0. The molecular weight excluding hydrogens is 767 g/mol. The van der Waals surface area contributed by atoms with Gasteiger partial charge in [0.15, 0.2) is 6.29 Å². The Morgan fingerprint density at radius 2 is 1.18 bits per heavy atom. The van der Waals surface area contributed by atoms with Crippen molar-refractivity contribution in [3.63, 3.8) is 0 Å². The van der Waals surface area contributed by atoms with Gasteiger partial charge in [0, 0.05) is 38.5 Å². The van der Waals surface area contributed by atoms with Crippen molar-refractivity contribution in [1.82, 2.24) is 4.90 Å². The van der Waals surface area contributed by atoms with Crippen LogP contribution >= 0.6 is 0 Å². The molecule has 4 atom stereocenters. The van der Waals surface area contributed by atoms with Gasteiger partial charge in [0.2, 0.25) is 0 Å². The molecule has 2 fully saturated rings. The van der Waals surface area contributed by atoms with Crippen molar-refractivity contribution in [1.29, 1.82) is 0 Å². The molecule has 2 aliphatic rings. The molecular formula is C52H93NO8. The number of rotatable bonds is 41. The molecule has 61 heavy (non-hydrogen) atoms. The van der Waals surface area contributed by atoms with Crippen LogP contribution in [0.3, 0.4) is 0 Å². The molecule has 0 radical (unpaired) electrons. The standard InChI is InChI=1S/C52H93NO8/c1-5-9-12-15-18-19-20-21-22-23-24-25-26-27-30-33-47(54)60-43-45(8-4)50-51(46(52(56)57)38-39-53(50)42-44-34-35-44)61-48(55)36-37-49(58-40-31-28-16-13-10-6-2)59-41-32-29-17-14-11-7-3/h18-19,21-22,44-46,49-51H,5-17,20,23-43H2,1-4H3,(H,56,57)/b19-18-,22-21-. The lowest BCUT2D eigenvalue weighted by Crippen LogP contribution is -2.59. The lowest BCUT2D eigenvalue weighted by Gasteiger charge is -2.46. The van der Waals surface area contributed by atoms with E-state index in [4.69, 9.17) is 18.9 Å². The largest absolute Gasteiger partial charge is 0.481 e. The first-order chi connectivity index (χ1) is 29.8.